The highest BCUT2D eigenvalue weighted by Gasteiger charge is 2.30. The number of H-pyrrole nitrogens is 1. The molecule has 2 aromatic rings. The van der Waals surface area contributed by atoms with Crippen LogP contribution >= 0.6 is 34.4 Å². The van der Waals surface area contributed by atoms with Gasteiger partial charge in [0.2, 0.25) is 0 Å². The first-order valence-corrected chi connectivity index (χ1v) is 8.63. The normalized spacial score (nSPS) is 19.5. The first-order valence-electron chi connectivity index (χ1n) is 6.56. The van der Waals surface area contributed by atoms with Crippen molar-refractivity contribution < 1.29 is 9.59 Å². The Morgan fingerprint density at radius 1 is 1.45 bits per heavy atom. The van der Waals surface area contributed by atoms with Crippen molar-refractivity contribution in [3.63, 3.8) is 0 Å². The number of thioether (sulfide) groups is 1. The van der Waals surface area contributed by atoms with E-state index in [2.05, 4.69) is 33.6 Å². The SMILES string of the molecule is CC(=O)C1CCCSc2c([nH]c3ccc(I)cc23)C1=O. The molecule has 1 atom stereocenters. The molecule has 1 N–H and O–H groups in total. The number of halogens is 1. The predicted molar refractivity (Wildman–Crippen MR) is 89.5 cm³/mol. The molecule has 0 fully saturated rings. The van der Waals surface area contributed by atoms with Crippen LogP contribution in [0.3, 0.4) is 0 Å². The maximum absolute atomic E-state index is 12.6. The summed E-state index contributed by atoms with van der Waals surface area (Å²) in [5, 5.41) is 1.09. The summed E-state index contributed by atoms with van der Waals surface area (Å²) in [6.07, 6.45) is 1.56. The number of ketones is 2. The van der Waals surface area contributed by atoms with E-state index in [1.807, 2.05) is 12.1 Å². The molecular weight excluding hydrogens is 385 g/mol. The van der Waals surface area contributed by atoms with Gasteiger partial charge in [-0.15, -0.1) is 11.8 Å². The fraction of sp³-hybridized carbons (Fsp3) is 0.333. The Balaban J connectivity index is 2.19. The van der Waals surface area contributed by atoms with Crippen LogP contribution in [0.2, 0.25) is 0 Å². The minimum absolute atomic E-state index is 0.0268. The van der Waals surface area contributed by atoms with Gasteiger partial charge in [-0.1, -0.05) is 0 Å². The molecule has 3 rings (SSSR count). The van der Waals surface area contributed by atoms with Gasteiger partial charge in [-0.2, -0.15) is 0 Å². The molecule has 1 unspecified atom stereocenters. The number of carbonyl (C=O) groups is 2. The second-order valence-corrected chi connectivity index (χ2v) is 7.39. The standard InChI is InChI=1S/C15H14INO2S/c1-8(18)10-3-2-6-20-15-11-7-9(16)4-5-12(11)17-13(15)14(10)19/h4-5,7,10,17H,2-3,6H2,1H3. The molecule has 0 aliphatic carbocycles. The molecule has 2 heterocycles. The summed E-state index contributed by atoms with van der Waals surface area (Å²) in [5.74, 6) is 0.386. The summed E-state index contributed by atoms with van der Waals surface area (Å²) < 4.78 is 1.15. The molecule has 1 aliphatic rings. The Hall–Kier alpha value is -0.820. The van der Waals surface area contributed by atoms with Gasteiger partial charge < -0.3 is 4.98 Å². The van der Waals surface area contributed by atoms with Crippen LogP contribution in [-0.4, -0.2) is 22.3 Å². The van der Waals surface area contributed by atoms with E-state index in [4.69, 9.17) is 0 Å². The van der Waals surface area contributed by atoms with Crippen LogP contribution in [0.4, 0.5) is 0 Å². The highest BCUT2D eigenvalue weighted by Crippen LogP contribution is 2.37. The number of benzene rings is 1. The van der Waals surface area contributed by atoms with Gasteiger partial charge in [-0.25, -0.2) is 0 Å². The van der Waals surface area contributed by atoms with Crippen LogP contribution in [0.5, 0.6) is 0 Å². The van der Waals surface area contributed by atoms with Crippen LogP contribution in [0, 0.1) is 9.49 Å². The number of Topliss-reactive ketones (excluding diaryl/α,β-unsaturated/α-hetero) is 2. The largest absolute Gasteiger partial charge is 0.351 e. The lowest BCUT2D eigenvalue weighted by atomic mass is 9.92. The summed E-state index contributed by atoms with van der Waals surface area (Å²) >= 11 is 3.99. The first kappa shape index (κ1) is 14.1. The van der Waals surface area contributed by atoms with Gasteiger partial charge in [-0.3, -0.25) is 9.59 Å². The van der Waals surface area contributed by atoms with Crippen molar-refractivity contribution >= 4 is 56.8 Å². The second-order valence-electron chi connectivity index (χ2n) is 5.04. The van der Waals surface area contributed by atoms with E-state index in [1.54, 1.807) is 11.8 Å². The third-order valence-electron chi connectivity index (χ3n) is 3.65. The summed E-state index contributed by atoms with van der Waals surface area (Å²) in [6, 6.07) is 6.11. The zero-order valence-electron chi connectivity index (χ0n) is 11.0. The lowest BCUT2D eigenvalue weighted by Gasteiger charge is -2.16. The number of rotatable bonds is 1. The molecule has 1 aliphatic heterocycles. The van der Waals surface area contributed by atoms with Crippen LogP contribution < -0.4 is 0 Å². The van der Waals surface area contributed by atoms with E-state index in [0.717, 1.165) is 31.5 Å². The number of hydrogen-bond acceptors (Lipinski definition) is 3. The molecule has 0 bridgehead atoms. The van der Waals surface area contributed by atoms with Gasteiger partial charge in [0.1, 0.15) is 5.78 Å². The van der Waals surface area contributed by atoms with Gasteiger partial charge >= 0.3 is 0 Å². The summed E-state index contributed by atoms with van der Waals surface area (Å²) in [6.45, 7) is 1.52. The first-order chi connectivity index (χ1) is 9.58. The fourth-order valence-electron chi connectivity index (χ4n) is 2.62. The highest BCUT2D eigenvalue weighted by molar-refractivity contribution is 14.1. The monoisotopic (exact) mass is 399 g/mol. The molecule has 1 aromatic carbocycles. The molecule has 0 amide bonds. The quantitative estimate of drug-likeness (QED) is 0.582. The third kappa shape index (κ3) is 2.41. The van der Waals surface area contributed by atoms with E-state index in [0.29, 0.717) is 12.1 Å². The molecule has 0 radical (unpaired) electrons. The molecule has 20 heavy (non-hydrogen) atoms. The Morgan fingerprint density at radius 2 is 2.25 bits per heavy atom. The maximum atomic E-state index is 12.6. The average Bonchev–Trinajstić information content (AvgIpc) is 2.73. The molecule has 0 saturated carbocycles. The Morgan fingerprint density at radius 3 is 3.00 bits per heavy atom. The van der Waals surface area contributed by atoms with Crippen LogP contribution in [0.1, 0.15) is 30.3 Å². The van der Waals surface area contributed by atoms with Gasteiger partial charge in [0.25, 0.3) is 0 Å². The van der Waals surface area contributed by atoms with Crippen molar-refractivity contribution in [2.24, 2.45) is 5.92 Å². The smallest absolute Gasteiger partial charge is 0.190 e. The molecule has 104 valence electrons. The lowest BCUT2D eigenvalue weighted by Crippen LogP contribution is -2.24. The third-order valence-corrected chi connectivity index (χ3v) is 5.53. The number of aromatic amines is 1. The predicted octanol–water partition coefficient (Wildman–Crippen LogP) is 4.05. The van der Waals surface area contributed by atoms with Crippen molar-refractivity contribution in [2.45, 2.75) is 24.7 Å². The maximum Gasteiger partial charge on any atom is 0.190 e. The average molecular weight is 399 g/mol. The summed E-state index contributed by atoms with van der Waals surface area (Å²) in [7, 11) is 0. The van der Waals surface area contributed by atoms with E-state index < -0.39 is 5.92 Å². The summed E-state index contributed by atoms with van der Waals surface area (Å²) in [4.78, 5) is 28.6. The van der Waals surface area contributed by atoms with Crippen LogP contribution in [0.15, 0.2) is 23.1 Å². The van der Waals surface area contributed by atoms with Crippen molar-refractivity contribution in [1.29, 1.82) is 0 Å². The zero-order chi connectivity index (χ0) is 14.3. The van der Waals surface area contributed by atoms with Crippen LogP contribution in [0.25, 0.3) is 10.9 Å². The van der Waals surface area contributed by atoms with Gasteiger partial charge in [-0.05, 0) is 66.3 Å². The molecule has 0 saturated heterocycles. The number of aromatic nitrogens is 1. The molecular formula is C15H14INO2S. The highest BCUT2D eigenvalue weighted by atomic mass is 127. The molecule has 5 heteroatoms. The van der Waals surface area contributed by atoms with Crippen LogP contribution in [-0.2, 0) is 4.79 Å². The van der Waals surface area contributed by atoms with Crippen molar-refractivity contribution in [3.05, 3.63) is 27.5 Å². The van der Waals surface area contributed by atoms with Gasteiger partial charge in [0.05, 0.1) is 11.6 Å². The lowest BCUT2D eigenvalue weighted by molar-refractivity contribution is -0.119. The zero-order valence-corrected chi connectivity index (χ0v) is 14.0. The van der Waals surface area contributed by atoms with Gasteiger partial charge in [0, 0.05) is 19.4 Å². The number of nitrogens with one attached hydrogen (secondary N) is 1. The number of hydrogen-bond donors (Lipinski definition) is 1. The Kier molecular flexibility index (Phi) is 3.90. The topological polar surface area (TPSA) is 49.9 Å². The van der Waals surface area contributed by atoms with Crippen molar-refractivity contribution in [3.8, 4) is 0 Å². The van der Waals surface area contributed by atoms with E-state index in [9.17, 15) is 9.59 Å². The number of carbonyl (C=O) groups excluding carboxylic acids is 2. The van der Waals surface area contributed by atoms with E-state index >= 15 is 0 Å². The Bertz CT molecular complexity index is 707. The van der Waals surface area contributed by atoms with Crippen molar-refractivity contribution in [1.82, 2.24) is 4.98 Å². The van der Waals surface area contributed by atoms with Crippen molar-refractivity contribution in [2.75, 3.05) is 5.75 Å². The number of fused-ring (bicyclic) bond motifs is 3. The fourth-order valence-corrected chi connectivity index (χ4v) is 4.24. The molecule has 1 aromatic heterocycles. The van der Waals surface area contributed by atoms with E-state index in [1.165, 1.54) is 6.92 Å². The molecule has 3 nitrogen and oxygen atoms in total. The summed E-state index contributed by atoms with van der Waals surface area (Å²) in [5.41, 5.74) is 1.59. The molecule has 0 spiro atoms. The minimum Gasteiger partial charge on any atom is -0.351 e. The van der Waals surface area contributed by atoms with E-state index in [-0.39, 0.29) is 11.6 Å². The minimum atomic E-state index is -0.484. The van der Waals surface area contributed by atoms with Gasteiger partial charge in [0.15, 0.2) is 5.78 Å². The second kappa shape index (κ2) is 5.52. The Labute approximate surface area is 135 Å².